The molecule has 144 valence electrons. The van der Waals surface area contributed by atoms with Gasteiger partial charge in [0.25, 0.3) is 0 Å². The molecule has 1 aromatic carbocycles. The van der Waals surface area contributed by atoms with E-state index in [1.54, 1.807) is 0 Å². The van der Waals surface area contributed by atoms with Crippen molar-refractivity contribution in [1.82, 2.24) is 9.97 Å². The topological polar surface area (TPSA) is 87.4 Å². The molecule has 0 bridgehead atoms. The third-order valence-corrected chi connectivity index (χ3v) is 4.70. The van der Waals surface area contributed by atoms with Crippen LogP contribution in [0, 0.1) is 16.0 Å². The van der Waals surface area contributed by atoms with Crippen molar-refractivity contribution in [2.45, 2.75) is 20.3 Å². The van der Waals surface area contributed by atoms with Crippen LogP contribution >= 0.6 is 0 Å². The molecule has 8 heteroatoms. The smallest absolute Gasteiger partial charge is 0.353 e. The first-order valence-electron chi connectivity index (χ1n) is 9.34. The van der Waals surface area contributed by atoms with Crippen LogP contribution in [-0.4, -0.2) is 47.6 Å². The van der Waals surface area contributed by atoms with Crippen molar-refractivity contribution in [3.63, 3.8) is 0 Å². The van der Waals surface area contributed by atoms with E-state index < -0.39 is 0 Å². The monoisotopic (exact) mass is 370 g/mol. The molecule has 1 N–H and O–H groups in total. The van der Waals surface area contributed by atoms with Crippen molar-refractivity contribution >= 4 is 23.0 Å². The van der Waals surface area contributed by atoms with E-state index in [2.05, 4.69) is 46.2 Å². The van der Waals surface area contributed by atoms with Gasteiger partial charge in [-0.2, -0.15) is 0 Å². The van der Waals surface area contributed by atoms with Crippen LogP contribution < -0.4 is 15.1 Å². The molecule has 1 aromatic heterocycles. The van der Waals surface area contributed by atoms with Gasteiger partial charge in [0.2, 0.25) is 11.6 Å². The molecule has 1 fully saturated rings. The van der Waals surface area contributed by atoms with Crippen molar-refractivity contribution in [3.8, 4) is 0 Å². The summed E-state index contributed by atoms with van der Waals surface area (Å²) in [6.07, 6.45) is 2.33. The Morgan fingerprint density at radius 2 is 1.78 bits per heavy atom. The van der Waals surface area contributed by atoms with E-state index in [1.165, 1.54) is 12.0 Å². The summed E-state index contributed by atoms with van der Waals surface area (Å²) in [5.41, 5.74) is 1.14. The normalized spacial score (nSPS) is 14.5. The Labute approximate surface area is 159 Å². The predicted molar refractivity (Wildman–Crippen MR) is 107 cm³/mol. The minimum Gasteiger partial charge on any atom is -0.368 e. The summed E-state index contributed by atoms with van der Waals surface area (Å²) < 4.78 is 0. The average Bonchev–Trinajstić information content (AvgIpc) is 2.68. The number of benzene rings is 1. The Morgan fingerprint density at radius 3 is 2.41 bits per heavy atom. The number of hydrogen-bond acceptors (Lipinski definition) is 7. The van der Waals surface area contributed by atoms with E-state index in [1.807, 2.05) is 23.1 Å². The van der Waals surface area contributed by atoms with Crippen LogP contribution in [0.3, 0.4) is 0 Å². The lowest BCUT2D eigenvalue weighted by molar-refractivity contribution is -0.383. The quantitative estimate of drug-likeness (QED) is 0.591. The van der Waals surface area contributed by atoms with Crippen LogP contribution in [0.5, 0.6) is 0 Å². The Bertz CT molecular complexity index is 760. The maximum absolute atomic E-state index is 11.7. The van der Waals surface area contributed by atoms with Gasteiger partial charge in [-0.25, -0.2) is 9.97 Å². The molecule has 27 heavy (non-hydrogen) atoms. The molecule has 0 aliphatic carbocycles. The highest BCUT2D eigenvalue weighted by Crippen LogP contribution is 2.32. The summed E-state index contributed by atoms with van der Waals surface area (Å²) in [6, 6.07) is 10.2. The molecule has 1 aliphatic rings. The molecule has 0 saturated carbocycles. The Balaban J connectivity index is 1.73. The number of para-hydroxylation sites is 1. The van der Waals surface area contributed by atoms with Crippen molar-refractivity contribution in [2.24, 2.45) is 5.92 Å². The fourth-order valence-corrected chi connectivity index (χ4v) is 3.19. The number of hydrogen-bond donors (Lipinski definition) is 1. The third kappa shape index (κ3) is 4.64. The van der Waals surface area contributed by atoms with Crippen LogP contribution in [0.15, 0.2) is 36.7 Å². The van der Waals surface area contributed by atoms with Crippen LogP contribution in [0.4, 0.5) is 23.0 Å². The lowest BCUT2D eigenvalue weighted by Crippen LogP contribution is -2.47. The Hall–Kier alpha value is -2.90. The molecule has 0 radical (unpaired) electrons. The van der Waals surface area contributed by atoms with E-state index in [0.717, 1.165) is 19.5 Å². The first-order chi connectivity index (χ1) is 13.1. The number of anilines is 3. The fraction of sp³-hybridized carbons (Fsp3) is 0.474. The van der Waals surface area contributed by atoms with Gasteiger partial charge < -0.3 is 15.1 Å². The second-order valence-corrected chi connectivity index (χ2v) is 7.07. The fourth-order valence-electron chi connectivity index (χ4n) is 3.19. The first kappa shape index (κ1) is 18.9. The molecule has 0 spiro atoms. The van der Waals surface area contributed by atoms with Gasteiger partial charge in [0, 0.05) is 38.4 Å². The molecule has 1 saturated heterocycles. The number of rotatable bonds is 7. The summed E-state index contributed by atoms with van der Waals surface area (Å²) in [5.74, 6) is 1.22. The number of nitrogens with zero attached hydrogens (tertiary/aromatic N) is 5. The van der Waals surface area contributed by atoms with Gasteiger partial charge in [-0.1, -0.05) is 32.0 Å². The highest BCUT2D eigenvalue weighted by atomic mass is 16.6. The minimum atomic E-state index is -0.378. The van der Waals surface area contributed by atoms with Crippen LogP contribution in [0.25, 0.3) is 0 Å². The summed E-state index contributed by atoms with van der Waals surface area (Å²) in [5, 5.41) is 14.8. The van der Waals surface area contributed by atoms with Gasteiger partial charge in [0.1, 0.15) is 6.33 Å². The van der Waals surface area contributed by atoms with Gasteiger partial charge in [-0.15, -0.1) is 0 Å². The van der Waals surface area contributed by atoms with Crippen LogP contribution in [0.1, 0.15) is 20.3 Å². The standard InChI is InChI=1S/C19H26N6O2/c1-15(2)8-9-20-18-17(25(26)27)19(22-14-21-18)24-12-10-23(11-13-24)16-6-4-3-5-7-16/h3-7,14-15H,8-13H2,1-2H3,(H,20,21,22). The van der Waals surface area contributed by atoms with E-state index in [9.17, 15) is 10.1 Å². The second kappa shape index (κ2) is 8.66. The molecule has 8 nitrogen and oxygen atoms in total. The highest BCUT2D eigenvalue weighted by molar-refractivity contribution is 5.70. The molecule has 0 unspecified atom stereocenters. The van der Waals surface area contributed by atoms with Gasteiger partial charge >= 0.3 is 5.69 Å². The first-order valence-corrected chi connectivity index (χ1v) is 9.34. The lowest BCUT2D eigenvalue weighted by atomic mass is 10.1. The number of nitro groups is 1. The molecular formula is C19H26N6O2. The van der Waals surface area contributed by atoms with E-state index in [0.29, 0.717) is 37.2 Å². The van der Waals surface area contributed by atoms with Crippen LogP contribution in [-0.2, 0) is 0 Å². The number of piperazine rings is 1. The van der Waals surface area contributed by atoms with Crippen molar-refractivity contribution < 1.29 is 4.92 Å². The summed E-state index contributed by atoms with van der Waals surface area (Å²) >= 11 is 0. The van der Waals surface area contributed by atoms with Crippen molar-refractivity contribution in [1.29, 1.82) is 0 Å². The van der Waals surface area contributed by atoms with Gasteiger partial charge in [0.15, 0.2) is 0 Å². The van der Waals surface area contributed by atoms with E-state index in [-0.39, 0.29) is 10.6 Å². The maximum atomic E-state index is 11.7. The largest absolute Gasteiger partial charge is 0.368 e. The van der Waals surface area contributed by atoms with Gasteiger partial charge in [-0.3, -0.25) is 10.1 Å². The Kier molecular flexibility index (Phi) is 6.05. The highest BCUT2D eigenvalue weighted by Gasteiger charge is 2.29. The van der Waals surface area contributed by atoms with Crippen molar-refractivity contribution in [3.05, 3.63) is 46.8 Å². The molecule has 0 amide bonds. The number of aromatic nitrogens is 2. The average molecular weight is 370 g/mol. The summed E-state index contributed by atoms with van der Waals surface area (Å²) in [7, 11) is 0. The van der Waals surface area contributed by atoms with Crippen LogP contribution in [0.2, 0.25) is 0 Å². The zero-order valence-electron chi connectivity index (χ0n) is 15.8. The predicted octanol–water partition coefficient (Wildman–Crippen LogP) is 3.17. The molecule has 2 heterocycles. The molecule has 0 atom stereocenters. The molecule has 2 aromatic rings. The third-order valence-electron chi connectivity index (χ3n) is 4.70. The zero-order valence-corrected chi connectivity index (χ0v) is 15.8. The van der Waals surface area contributed by atoms with E-state index in [4.69, 9.17) is 0 Å². The maximum Gasteiger partial charge on any atom is 0.353 e. The second-order valence-electron chi connectivity index (χ2n) is 7.07. The van der Waals surface area contributed by atoms with Crippen molar-refractivity contribution in [2.75, 3.05) is 47.8 Å². The summed E-state index contributed by atoms with van der Waals surface area (Å²) in [4.78, 5) is 24.0. The molecule has 3 rings (SSSR count). The minimum absolute atomic E-state index is 0.0329. The molecule has 1 aliphatic heterocycles. The zero-order chi connectivity index (χ0) is 19.2. The van der Waals surface area contributed by atoms with Gasteiger partial charge in [-0.05, 0) is 24.5 Å². The summed E-state index contributed by atoms with van der Waals surface area (Å²) in [6.45, 7) is 7.83. The van der Waals surface area contributed by atoms with E-state index >= 15 is 0 Å². The number of nitrogens with one attached hydrogen (secondary N) is 1. The lowest BCUT2D eigenvalue weighted by Gasteiger charge is -2.36. The molecular weight excluding hydrogens is 344 g/mol. The Morgan fingerprint density at radius 1 is 1.11 bits per heavy atom. The SMILES string of the molecule is CC(C)CCNc1ncnc(N2CCN(c3ccccc3)CC2)c1[N+](=O)[O-]. The van der Waals surface area contributed by atoms with Gasteiger partial charge in [0.05, 0.1) is 4.92 Å².